The van der Waals surface area contributed by atoms with E-state index in [-0.39, 0.29) is 6.04 Å². The standard InChI is InChI=1S/C9H14N6S/c1-2-4-15-5-3-11-9(15)8(13-10)7-6-12-16-14-7/h3,5-6,8,13H,2,4,10H2,1H3. The van der Waals surface area contributed by atoms with Gasteiger partial charge in [-0.15, -0.1) is 0 Å². The van der Waals surface area contributed by atoms with Gasteiger partial charge < -0.3 is 4.57 Å². The van der Waals surface area contributed by atoms with Crippen molar-refractivity contribution in [2.24, 2.45) is 5.84 Å². The molecule has 0 radical (unpaired) electrons. The van der Waals surface area contributed by atoms with Crippen LogP contribution in [-0.4, -0.2) is 18.3 Å². The molecule has 0 aromatic carbocycles. The number of hydrogen-bond acceptors (Lipinski definition) is 6. The third-order valence-corrected chi connectivity index (χ3v) is 2.80. The van der Waals surface area contributed by atoms with Gasteiger partial charge in [0.2, 0.25) is 0 Å². The number of nitrogens with zero attached hydrogens (tertiary/aromatic N) is 4. The van der Waals surface area contributed by atoms with Crippen LogP contribution in [0.1, 0.15) is 30.9 Å². The number of nitrogens with one attached hydrogen (secondary N) is 1. The Kier molecular flexibility index (Phi) is 3.60. The molecule has 7 heteroatoms. The molecule has 6 nitrogen and oxygen atoms in total. The molecule has 86 valence electrons. The number of hydrogen-bond donors (Lipinski definition) is 2. The molecule has 3 N–H and O–H groups in total. The van der Waals surface area contributed by atoms with Crippen LogP contribution in [0.15, 0.2) is 18.6 Å². The Morgan fingerprint density at radius 3 is 3.12 bits per heavy atom. The van der Waals surface area contributed by atoms with Gasteiger partial charge >= 0.3 is 0 Å². The molecule has 0 aliphatic heterocycles. The molecule has 16 heavy (non-hydrogen) atoms. The second kappa shape index (κ2) is 5.15. The molecular formula is C9H14N6S. The molecule has 0 aliphatic rings. The molecule has 0 aliphatic carbocycles. The first-order chi connectivity index (χ1) is 7.86. The van der Waals surface area contributed by atoms with Crippen molar-refractivity contribution in [1.29, 1.82) is 0 Å². The molecule has 0 bridgehead atoms. The fourth-order valence-corrected chi connectivity index (χ4v) is 2.05. The van der Waals surface area contributed by atoms with Gasteiger partial charge in [0, 0.05) is 18.9 Å². The minimum absolute atomic E-state index is 0.194. The minimum Gasteiger partial charge on any atom is -0.333 e. The van der Waals surface area contributed by atoms with Gasteiger partial charge in [-0.1, -0.05) is 6.92 Å². The SMILES string of the molecule is CCCn1ccnc1C(NN)c1cnsn1. The van der Waals surface area contributed by atoms with E-state index in [0.29, 0.717) is 0 Å². The largest absolute Gasteiger partial charge is 0.333 e. The van der Waals surface area contributed by atoms with Crippen LogP contribution in [-0.2, 0) is 6.54 Å². The predicted octanol–water partition coefficient (Wildman–Crippen LogP) is 0.697. The zero-order chi connectivity index (χ0) is 11.4. The van der Waals surface area contributed by atoms with Crippen LogP contribution in [0.5, 0.6) is 0 Å². The number of imidazole rings is 1. The molecule has 0 amide bonds. The number of aryl methyl sites for hydroxylation is 1. The van der Waals surface area contributed by atoms with Gasteiger partial charge in [-0.25, -0.2) is 10.4 Å². The lowest BCUT2D eigenvalue weighted by molar-refractivity contribution is 0.539. The third kappa shape index (κ3) is 2.11. The van der Waals surface area contributed by atoms with Crippen molar-refractivity contribution in [3.63, 3.8) is 0 Å². The van der Waals surface area contributed by atoms with Crippen LogP contribution in [0, 0.1) is 0 Å². The zero-order valence-electron chi connectivity index (χ0n) is 9.00. The molecule has 0 saturated carbocycles. The molecule has 1 unspecified atom stereocenters. The average molecular weight is 238 g/mol. The van der Waals surface area contributed by atoms with E-state index in [1.807, 2.05) is 6.20 Å². The van der Waals surface area contributed by atoms with Crippen molar-refractivity contribution in [3.05, 3.63) is 30.1 Å². The fraction of sp³-hybridized carbons (Fsp3) is 0.444. The van der Waals surface area contributed by atoms with Crippen molar-refractivity contribution < 1.29 is 0 Å². The molecule has 2 aromatic rings. The van der Waals surface area contributed by atoms with Gasteiger partial charge in [0.15, 0.2) is 0 Å². The summed E-state index contributed by atoms with van der Waals surface area (Å²) in [5, 5.41) is 0. The number of rotatable bonds is 5. The van der Waals surface area contributed by atoms with Crippen LogP contribution in [0.4, 0.5) is 0 Å². The number of hydrazine groups is 1. The van der Waals surface area contributed by atoms with Crippen LogP contribution in [0.3, 0.4) is 0 Å². The topological polar surface area (TPSA) is 81.7 Å². The minimum atomic E-state index is -0.194. The maximum atomic E-state index is 5.55. The maximum absolute atomic E-state index is 5.55. The summed E-state index contributed by atoms with van der Waals surface area (Å²) in [5.74, 6) is 6.43. The third-order valence-electron chi connectivity index (χ3n) is 2.31. The van der Waals surface area contributed by atoms with Crippen molar-refractivity contribution in [2.75, 3.05) is 0 Å². The smallest absolute Gasteiger partial charge is 0.133 e. The Morgan fingerprint density at radius 2 is 2.50 bits per heavy atom. The van der Waals surface area contributed by atoms with Crippen LogP contribution in [0.25, 0.3) is 0 Å². The van der Waals surface area contributed by atoms with E-state index in [0.717, 1.165) is 24.5 Å². The molecule has 0 saturated heterocycles. The average Bonchev–Trinajstić information content (AvgIpc) is 2.92. The van der Waals surface area contributed by atoms with Gasteiger partial charge in [-0.3, -0.25) is 5.84 Å². The Morgan fingerprint density at radius 1 is 1.62 bits per heavy atom. The second-order valence-electron chi connectivity index (χ2n) is 3.41. The molecule has 1 atom stereocenters. The molecular weight excluding hydrogens is 224 g/mol. The zero-order valence-corrected chi connectivity index (χ0v) is 9.81. The normalized spacial score (nSPS) is 12.9. The van der Waals surface area contributed by atoms with Crippen LogP contribution < -0.4 is 11.3 Å². The maximum Gasteiger partial charge on any atom is 0.133 e. The van der Waals surface area contributed by atoms with Gasteiger partial charge in [0.05, 0.1) is 17.9 Å². The summed E-state index contributed by atoms with van der Waals surface area (Å²) in [7, 11) is 0. The predicted molar refractivity (Wildman–Crippen MR) is 61.6 cm³/mol. The van der Waals surface area contributed by atoms with E-state index in [2.05, 4.69) is 30.6 Å². The first kappa shape index (κ1) is 11.2. The highest BCUT2D eigenvalue weighted by atomic mass is 32.1. The van der Waals surface area contributed by atoms with Crippen LogP contribution in [0.2, 0.25) is 0 Å². The van der Waals surface area contributed by atoms with Gasteiger partial charge in [-0.2, -0.15) is 8.75 Å². The Labute approximate surface area is 97.8 Å². The number of nitrogens with two attached hydrogens (primary N) is 1. The van der Waals surface area contributed by atoms with E-state index in [1.165, 1.54) is 11.7 Å². The second-order valence-corrected chi connectivity index (χ2v) is 3.97. The molecule has 2 heterocycles. The van der Waals surface area contributed by atoms with E-state index in [4.69, 9.17) is 5.84 Å². The van der Waals surface area contributed by atoms with E-state index < -0.39 is 0 Å². The van der Waals surface area contributed by atoms with E-state index in [1.54, 1.807) is 12.4 Å². The summed E-state index contributed by atoms with van der Waals surface area (Å²) in [6, 6.07) is -0.194. The van der Waals surface area contributed by atoms with Crippen molar-refractivity contribution in [2.45, 2.75) is 25.9 Å². The van der Waals surface area contributed by atoms with Gasteiger partial charge in [-0.05, 0) is 6.42 Å². The Balaban J connectivity index is 2.30. The van der Waals surface area contributed by atoms with Crippen molar-refractivity contribution >= 4 is 11.7 Å². The molecule has 2 aromatic heterocycles. The lowest BCUT2D eigenvalue weighted by Gasteiger charge is -2.14. The van der Waals surface area contributed by atoms with E-state index in [9.17, 15) is 0 Å². The Hall–Kier alpha value is -1.31. The van der Waals surface area contributed by atoms with Crippen molar-refractivity contribution in [1.82, 2.24) is 23.7 Å². The summed E-state index contributed by atoms with van der Waals surface area (Å²) in [5.41, 5.74) is 3.53. The summed E-state index contributed by atoms with van der Waals surface area (Å²) in [6.45, 7) is 3.05. The monoisotopic (exact) mass is 238 g/mol. The Bertz CT molecular complexity index is 423. The summed E-state index contributed by atoms with van der Waals surface area (Å²) in [4.78, 5) is 4.32. The fourth-order valence-electron chi connectivity index (χ4n) is 1.60. The quantitative estimate of drug-likeness (QED) is 0.592. The number of aromatic nitrogens is 4. The highest BCUT2D eigenvalue weighted by Crippen LogP contribution is 2.18. The summed E-state index contributed by atoms with van der Waals surface area (Å²) in [6.07, 6.45) is 6.48. The first-order valence-electron chi connectivity index (χ1n) is 5.11. The van der Waals surface area contributed by atoms with Crippen molar-refractivity contribution in [3.8, 4) is 0 Å². The summed E-state index contributed by atoms with van der Waals surface area (Å²) < 4.78 is 10.2. The van der Waals surface area contributed by atoms with E-state index >= 15 is 0 Å². The lowest BCUT2D eigenvalue weighted by atomic mass is 10.2. The summed E-state index contributed by atoms with van der Waals surface area (Å²) >= 11 is 1.17. The molecule has 0 fully saturated rings. The lowest BCUT2D eigenvalue weighted by Crippen LogP contribution is -2.31. The molecule has 2 rings (SSSR count). The van der Waals surface area contributed by atoms with Gasteiger partial charge in [0.25, 0.3) is 0 Å². The highest BCUT2D eigenvalue weighted by Gasteiger charge is 2.19. The highest BCUT2D eigenvalue weighted by molar-refractivity contribution is 6.99. The van der Waals surface area contributed by atoms with Crippen LogP contribution >= 0.6 is 11.7 Å². The molecule has 0 spiro atoms. The first-order valence-corrected chi connectivity index (χ1v) is 5.84. The van der Waals surface area contributed by atoms with Gasteiger partial charge in [0.1, 0.15) is 17.6 Å².